The maximum Gasteiger partial charge on any atom is 0.222 e. The molecule has 0 radical (unpaired) electrons. The first-order valence-corrected chi connectivity index (χ1v) is 5.54. The summed E-state index contributed by atoms with van der Waals surface area (Å²) in [6.07, 6.45) is 0.998. The smallest absolute Gasteiger partial charge is 0.222 e. The maximum absolute atomic E-state index is 11.3. The fourth-order valence-corrected chi connectivity index (χ4v) is 1.73. The minimum atomic E-state index is 0.0373. The van der Waals surface area contributed by atoms with Crippen molar-refractivity contribution in [2.75, 3.05) is 19.6 Å². The summed E-state index contributed by atoms with van der Waals surface area (Å²) < 4.78 is 0. The summed E-state index contributed by atoms with van der Waals surface area (Å²) in [6.45, 7) is 7.67. The summed E-state index contributed by atoms with van der Waals surface area (Å²) >= 11 is 0. The van der Waals surface area contributed by atoms with E-state index in [1.807, 2.05) is 18.7 Å². The Labute approximate surface area is 91.0 Å². The maximum atomic E-state index is 11.3. The molecule has 1 atom stereocenters. The predicted octanol–water partition coefficient (Wildman–Crippen LogP) is 0.627. The Morgan fingerprint density at radius 1 is 1.47 bits per heavy atom. The number of hydrogen-bond donors (Lipinski definition) is 1. The molecule has 4 nitrogen and oxygen atoms in total. The highest BCUT2D eigenvalue weighted by Gasteiger charge is 2.24. The van der Waals surface area contributed by atoms with Crippen LogP contribution in [0.25, 0.3) is 0 Å². The average Bonchev–Trinajstić information content (AvgIpc) is 2.62. The van der Waals surface area contributed by atoms with Crippen LogP contribution in [0.4, 0.5) is 0 Å². The minimum Gasteiger partial charge on any atom is -0.356 e. The first-order chi connectivity index (χ1) is 7.00. The molecule has 1 aliphatic rings. The van der Waals surface area contributed by atoms with Crippen LogP contribution in [0.5, 0.6) is 0 Å². The number of rotatable bonds is 3. The van der Waals surface area contributed by atoms with Gasteiger partial charge in [-0.15, -0.1) is 0 Å². The van der Waals surface area contributed by atoms with E-state index in [2.05, 4.69) is 5.32 Å². The van der Waals surface area contributed by atoms with E-state index in [0.29, 0.717) is 12.5 Å². The van der Waals surface area contributed by atoms with E-state index in [9.17, 15) is 9.59 Å². The molecule has 0 aromatic carbocycles. The highest BCUT2D eigenvalue weighted by molar-refractivity contribution is 5.77. The molecule has 0 spiro atoms. The van der Waals surface area contributed by atoms with Gasteiger partial charge in [0.2, 0.25) is 11.8 Å². The standard InChI is InChI=1S/C11H20N2O2/c1-8(2)11(15)12-6-10-4-5-13(7-10)9(3)14/h8,10H,4-7H2,1-3H3,(H,12,15). The zero-order valence-electron chi connectivity index (χ0n) is 9.75. The van der Waals surface area contributed by atoms with Crippen LogP contribution in [0.1, 0.15) is 27.2 Å². The number of carbonyl (C=O) groups excluding carboxylic acids is 2. The van der Waals surface area contributed by atoms with E-state index < -0.39 is 0 Å². The topological polar surface area (TPSA) is 49.4 Å². The van der Waals surface area contributed by atoms with E-state index >= 15 is 0 Å². The quantitative estimate of drug-likeness (QED) is 0.746. The molecule has 0 saturated carbocycles. The Bertz CT molecular complexity index is 251. The minimum absolute atomic E-state index is 0.0373. The highest BCUT2D eigenvalue weighted by Crippen LogP contribution is 2.15. The van der Waals surface area contributed by atoms with Gasteiger partial charge in [0.25, 0.3) is 0 Å². The lowest BCUT2D eigenvalue weighted by Crippen LogP contribution is -2.34. The zero-order valence-corrected chi connectivity index (χ0v) is 9.75. The first-order valence-electron chi connectivity index (χ1n) is 5.54. The van der Waals surface area contributed by atoms with Gasteiger partial charge in [-0.25, -0.2) is 0 Å². The van der Waals surface area contributed by atoms with Gasteiger partial charge in [0.05, 0.1) is 0 Å². The van der Waals surface area contributed by atoms with Gasteiger partial charge in [-0.05, 0) is 12.3 Å². The molecule has 2 amide bonds. The Morgan fingerprint density at radius 2 is 2.13 bits per heavy atom. The lowest BCUT2D eigenvalue weighted by atomic mass is 10.1. The Hall–Kier alpha value is -1.06. The summed E-state index contributed by atoms with van der Waals surface area (Å²) in [5, 5.41) is 2.91. The van der Waals surface area contributed by atoms with Crippen LogP contribution in [-0.2, 0) is 9.59 Å². The molecule has 0 aromatic rings. The SMILES string of the molecule is CC(=O)N1CCC(CNC(=O)C(C)C)C1. The molecule has 15 heavy (non-hydrogen) atoms. The van der Waals surface area contributed by atoms with Crippen molar-refractivity contribution in [3.63, 3.8) is 0 Å². The third-order valence-electron chi connectivity index (χ3n) is 2.82. The number of amides is 2. The lowest BCUT2D eigenvalue weighted by molar-refractivity contribution is -0.127. The Morgan fingerprint density at radius 3 is 2.60 bits per heavy atom. The summed E-state index contributed by atoms with van der Waals surface area (Å²) in [5.41, 5.74) is 0. The van der Waals surface area contributed by atoms with Crippen LogP contribution in [-0.4, -0.2) is 36.3 Å². The van der Waals surface area contributed by atoms with Crippen molar-refractivity contribution in [2.45, 2.75) is 27.2 Å². The second kappa shape index (κ2) is 5.14. The summed E-state index contributed by atoms with van der Waals surface area (Å²) in [6, 6.07) is 0. The van der Waals surface area contributed by atoms with Crippen molar-refractivity contribution in [2.24, 2.45) is 11.8 Å². The van der Waals surface area contributed by atoms with E-state index in [4.69, 9.17) is 0 Å². The molecule has 0 aliphatic carbocycles. The number of likely N-dealkylation sites (tertiary alicyclic amines) is 1. The molecule has 1 aliphatic heterocycles. The number of carbonyl (C=O) groups is 2. The van der Waals surface area contributed by atoms with E-state index in [1.54, 1.807) is 6.92 Å². The van der Waals surface area contributed by atoms with Crippen molar-refractivity contribution in [3.8, 4) is 0 Å². The summed E-state index contributed by atoms with van der Waals surface area (Å²) in [5.74, 6) is 0.691. The Balaban J connectivity index is 2.25. The molecule has 4 heteroatoms. The van der Waals surface area contributed by atoms with E-state index in [0.717, 1.165) is 19.5 Å². The van der Waals surface area contributed by atoms with Crippen LogP contribution >= 0.6 is 0 Å². The second-order valence-electron chi connectivity index (χ2n) is 4.52. The van der Waals surface area contributed by atoms with Gasteiger partial charge < -0.3 is 10.2 Å². The van der Waals surface area contributed by atoms with Crippen LogP contribution in [0.2, 0.25) is 0 Å². The number of nitrogens with one attached hydrogen (secondary N) is 1. The van der Waals surface area contributed by atoms with Gasteiger partial charge in [0.1, 0.15) is 0 Å². The largest absolute Gasteiger partial charge is 0.356 e. The molecular weight excluding hydrogens is 192 g/mol. The molecule has 1 saturated heterocycles. The van der Waals surface area contributed by atoms with Gasteiger partial charge in [0.15, 0.2) is 0 Å². The third-order valence-corrected chi connectivity index (χ3v) is 2.82. The fraction of sp³-hybridized carbons (Fsp3) is 0.818. The van der Waals surface area contributed by atoms with Gasteiger partial charge in [-0.1, -0.05) is 13.8 Å². The normalized spacial score (nSPS) is 20.8. The van der Waals surface area contributed by atoms with Crippen molar-refractivity contribution < 1.29 is 9.59 Å². The fourth-order valence-electron chi connectivity index (χ4n) is 1.73. The summed E-state index contributed by atoms with van der Waals surface area (Å²) in [7, 11) is 0. The van der Waals surface area contributed by atoms with Gasteiger partial charge in [-0.2, -0.15) is 0 Å². The third kappa shape index (κ3) is 3.53. The van der Waals surface area contributed by atoms with Crippen molar-refractivity contribution in [1.82, 2.24) is 10.2 Å². The van der Waals surface area contributed by atoms with Crippen molar-refractivity contribution in [1.29, 1.82) is 0 Å². The molecule has 1 heterocycles. The molecular formula is C11H20N2O2. The first kappa shape index (κ1) is 12.0. The van der Waals surface area contributed by atoms with Crippen LogP contribution in [0, 0.1) is 11.8 Å². The van der Waals surface area contributed by atoms with Crippen molar-refractivity contribution in [3.05, 3.63) is 0 Å². The molecule has 86 valence electrons. The number of hydrogen-bond acceptors (Lipinski definition) is 2. The monoisotopic (exact) mass is 212 g/mol. The van der Waals surface area contributed by atoms with E-state index in [-0.39, 0.29) is 17.7 Å². The van der Waals surface area contributed by atoms with E-state index in [1.165, 1.54) is 0 Å². The molecule has 1 fully saturated rings. The molecule has 0 aromatic heterocycles. The average molecular weight is 212 g/mol. The lowest BCUT2D eigenvalue weighted by Gasteiger charge is -2.15. The molecule has 0 bridgehead atoms. The molecule has 1 N–H and O–H groups in total. The summed E-state index contributed by atoms with van der Waals surface area (Å²) in [4.78, 5) is 24.2. The second-order valence-corrected chi connectivity index (χ2v) is 4.52. The molecule has 1 unspecified atom stereocenters. The highest BCUT2D eigenvalue weighted by atomic mass is 16.2. The van der Waals surface area contributed by atoms with Crippen LogP contribution < -0.4 is 5.32 Å². The van der Waals surface area contributed by atoms with Crippen LogP contribution in [0.15, 0.2) is 0 Å². The number of nitrogens with zero attached hydrogens (tertiary/aromatic N) is 1. The van der Waals surface area contributed by atoms with Gasteiger partial charge in [-0.3, -0.25) is 9.59 Å². The van der Waals surface area contributed by atoms with Crippen LogP contribution in [0.3, 0.4) is 0 Å². The molecule has 1 rings (SSSR count). The van der Waals surface area contributed by atoms with Gasteiger partial charge in [0, 0.05) is 32.5 Å². The van der Waals surface area contributed by atoms with Gasteiger partial charge >= 0.3 is 0 Å². The predicted molar refractivity (Wildman–Crippen MR) is 58.2 cm³/mol. The Kier molecular flexibility index (Phi) is 4.12. The van der Waals surface area contributed by atoms with Crippen molar-refractivity contribution >= 4 is 11.8 Å². The zero-order chi connectivity index (χ0) is 11.4.